The van der Waals surface area contributed by atoms with E-state index in [1.54, 1.807) is 48.5 Å². The summed E-state index contributed by atoms with van der Waals surface area (Å²) in [6, 6.07) is 21.7. The van der Waals surface area contributed by atoms with E-state index < -0.39 is 105 Å². The second-order valence-corrected chi connectivity index (χ2v) is 16.2. The van der Waals surface area contributed by atoms with Crippen molar-refractivity contribution in [2.45, 2.75) is 27.6 Å². The molecular formula is C39H20F6N2O10S2. The van der Waals surface area contributed by atoms with Crippen LogP contribution in [-0.2, 0) is 34.2 Å². The number of rotatable bonds is 8. The molecule has 4 amide bonds. The number of hydrogen-bond donors (Lipinski definition) is 0. The number of nitrogens with zero attached hydrogens (tertiary/aromatic N) is 2. The highest BCUT2D eigenvalue weighted by molar-refractivity contribution is 7.87. The van der Waals surface area contributed by atoms with Crippen molar-refractivity contribution in [3.05, 3.63) is 155 Å². The van der Waals surface area contributed by atoms with E-state index >= 15 is 26.3 Å². The lowest BCUT2D eigenvalue weighted by Crippen LogP contribution is -2.55. The first-order valence-corrected chi connectivity index (χ1v) is 19.5. The van der Waals surface area contributed by atoms with E-state index in [2.05, 4.69) is 0 Å². The van der Waals surface area contributed by atoms with Crippen LogP contribution in [-0.4, -0.2) is 62.9 Å². The average Bonchev–Trinajstić information content (AvgIpc) is 3.55. The zero-order chi connectivity index (χ0) is 42.4. The van der Waals surface area contributed by atoms with Gasteiger partial charge in [0.1, 0.15) is 0 Å². The number of benzene rings is 6. The summed E-state index contributed by atoms with van der Waals surface area (Å²) in [4.78, 5) is 52.0. The van der Waals surface area contributed by atoms with Gasteiger partial charge >= 0.3 is 32.6 Å². The molecule has 6 aromatic carbocycles. The van der Waals surface area contributed by atoms with Crippen LogP contribution in [0.25, 0.3) is 21.5 Å². The Morgan fingerprint density at radius 1 is 0.407 bits per heavy atom. The number of alkyl halides is 6. The average molecular weight is 855 g/mol. The fourth-order valence-electron chi connectivity index (χ4n) is 6.95. The molecular weight excluding hydrogens is 835 g/mol. The summed E-state index contributed by atoms with van der Waals surface area (Å²) in [6.07, 6.45) is -12.7. The van der Waals surface area contributed by atoms with Crippen molar-refractivity contribution < 1.29 is 70.9 Å². The van der Waals surface area contributed by atoms with Gasteiger partial charge in [-0.3, -0.25) is 19.2 Å². The molecule has 0 aromatic heterocycles. The van der Waals surface area contributed by atoms with E-state index in [0.29, 0.717) is 33.7 Å². The van der Waals surface area contributed by atoms with Crippen molar-refractivity contribution >= 4 is 65.4 Å². The SMILES string of the molecule is O=C1c2ccc(C(c3ccc4c(c3)C(=O)N(OS(=O)(=O)c3ccc5ccccc5c3)C4=O)(C(F)(F)F)C(F)(F)F)cc2C(=O)N1OS(=O)(=O)c1ccc2ccccc2c1. The van der Waals surface area contributed by atoms with E-state index in [4.69, 9.17) is 8.57 Å². The zero-order valence-corrected chi connectivity index (χ0v) is 30.7. The molecule has 6 aromatic rings. The second kappa shape index (κ2) is 13.3. The predicted molar refractivity (Wildman–Crippen MR) is 191 cm³/mol. The molecule has 0 atom stereocenters. The smallest absolute Gasteiger partial charge is 0.266 e. The molecule has 0 bridgehead atoms. The first-order valence-electron chi connectivity index (χ1n) is 16.7. The maximum atomic E-state index is 15.2. The van der Waals surface area contributed by atoms with Gasteiger partial charge in [0, 0.05) is 0 Å². The Hall–Kier alpha value is -6.48. The van der Waals surface area contributed by atoms with Crippen molar-refractivity contribution in [2.75, 3.05) is 0 Å². The minimum Gasteiger partial charge on any atom is -0.266 e. The maximum absolute atomic E-state index is 15.2. The number of fused-ring (bicyclic) bond motifs is 4. The minimum absolute atomic E-state index is 0.0916. The highest BCUT2D eigenvalue weighted by Crippen LogP contribution is 2.57. The zero-order valence-electron chi connectivity index (χ0n) is 29.1. The Labute approximate surface area is 327 Å². The molecule has 2 aliphatic heterocycles. The number of imide groups is 2. The van der Waals surface area contributed by atoms with Gasteiger partial charge in [-0.15, -0.1) is 18.7 Å². The van der Waals surface area contributed by atoms with Gasteiger partial charge < -0.3 is 0 Å². The van der Waals surface area contributed by atoms with Gasteiger partial charge in [-0.25, -0.2) is 0 Å². The molecule has 0 radical (unpaired) electrons. The van der Waals surface area contributed by atoms with Crippen LogP contribution >= 0.6 is 0 Å². The lowest BCUT2D eigenvalue weighted by atomic mass is 9.71. The summed E-state index contributed by atoms with van der Waals surface area (Å²) in [6.45, 7) is 0. The van der Waals surface area contributed by atoms with Crippen LogP contribution in [0.3, 0.4) is 0 Å². The molecule has 2 aliphatic rings. The van der Waals surface area contributed by atoms with Gasteiger partial charge in [-0.05, 0) is 81.2 Å². The Kier molecular flexibility index (Phi) is 8.85. The van der Waals surface area contributed by atoms with Crippen LogP contribution in [0, 0.1) is 0 Å². The molecule has 0 aliphatic carbocycles. The van der Waals surface area contributed by atoms with Crippen molar-refractivity contribution in [3.63, 3.8) is 0 Å². The van der Waals surface area contributed by atoms with E-state index in [1.165, 1.54) is 12.1 Å². The number of halogens is 6. The quantitative estimate of drug-likeness (QED) is 0.113. The largest absolute Gasteiger partial charge is 0.411 e. The number of carbonyl (C=O) groups is 4. The highest BCUT2D eigenvalue weighted by atomic mass is 32.2. The Morgan fingerprint density at radius 3 is 1.10 bits per heavy atom. The molecule has 0 N–H and O–H groups in total. The van der Waals surface area contributed by atoms with Crippen LogP contribution < -0.4 is 0 Å². The van der Waals surface area contributed by atoms with Crippen LogP contribution in [0.15, 0.2) is 131 Å². The number of amides is 4. The van der Waals surface area contributed by atoms with Crippen LogP contribution in [0.1, 0.15) is 52.6 Å². The summed E-state index contributed by atoms with van der Waals surface area (Å²) in [5.41, 5.74) is -12.3. The van der Waals surface area contributed by atoms with E-state index in [1.807, 2.05) is 0 Å². The molecule has 0 spiro atoms. The summed E-state index contributed by atoms with van der Waals surface area (Å²) in [7, 11) is -9.98. The molecule has 0 unspecified atom stereocenters. The van der Waals surface area contributed by atoms with E-state index in [9.17, 15) is 36.0 Å². The monoisotopic (exact) mass is 854 g/mol. The lowest BCUT2D eigenvalue weighted by Gasteiger charge is -2.38. The van der Waals surface area contributed by atoms with Crippen molar-refractivity contribution in [1.29, 1.82) is 0 Å². The minimum atomic E-state index is -6.34. The van der Waals surface area contributed by atoms with Crippen LogP contribution in [0.5, 0.6) is 0 Å². The van der Waals surface area contributed by atoms with Crippen molar-refractivity contribution in [3.8, 4) is 0 Å². The number of hydroxylamine groups is 4. The highest BCUT2D eigenvalue weighted by Gasteiger charge is 2.73. The molecule has 20 heteroatoms. The Balaban J connectivity index is 1.15. The third kappa shape index (κ3) is 6.13. The van der Waals surface area contributed by atoms with Crippen LogP contribution in [0.4, 0.5) is 26.3 Å². The summed E-state index contributed by atoms with van der Waals surface area (Å²) in [5, 5.41) is 1.39. The van der Waals surface area contributed by atoms with E-state index in [0.717, 1.165) is 24.3 Å². The molecule has 12 nitrogen and oxygen atoms in total. The molecule has 0 fully saturated rings. The standard InChI is InChI=1S/C39H20F6N2O10S2/c40-38(41,42)37(39(43,44)45,25-11-15-29-31(19-25)35(50)46(33(29)48)56-58(52,53)27-13-9-21-5-1-3-7-23(21)17-27)26-12-16-30-32(20-26)36(51)47(34(30)49)57-59(54,55)28-14-10-22-6-2-4-8-24(22)18-28/h1-20H. The Morgan fingerprint density at radius 2 is 0.746 bits per heavy atom. The molecule has 0 saturated heterocycles. The topological polar surface area (TPSA) is 161 Å². The van der Waals surface area contributed by atoms with Crippen molar-refractivity contribution in [2.24, 2.45) is 0 Å². The molecule has 0 saturated carbocycles. The van der Waals surface area contributed by atoms with Gasteiger partial charge in [-0.2, -0.15) is 43.2 Å². The van der Waals surface area contributed by atoms with Crippen molar-refractivity contribution in [1.82, 2.24) is 10.1 Å². The van der Waals surface area contributed by atoms with Gasteiger partial charge in [0.15, 0.2) is 0 Å². The first kappa shape index (κ1) is 39.4. The van der Waals surface area contributed by atoms with Gasteiger partial charge in [0.2, 0.25) is 5.41 Å². The molecule has 300 valence electrons. The molecule has 8 rings (SSSR count). The number of hydrogen-bond acceptors (Lipinski definition) is 10. The van der Waals surface area contributed by atoms with E-state index in [-0.39, 0.29) is 34.4 Å². The third-order valence-electron chi connectivity index (χ3n) is 9.78. The van der Waals surface area contributed by atoms with Gasteiger partial charge in [0.05, 0.1) is 32.0 Å². The van der Waals surface area contributed by atoms with Gasteiger partial charge in [-0.1, -0.05) is 72.8 Å². The first-order chi connectivity index (χ1) is 27.7. The maximum Gasteiger partial charge on any atom is 0.411 e. The van der Waals surface area contributed by atoms with Crippen LogP contribution in [0.2, 0.25) is 0 Å². The fraction of sp³-hybridized carbons (Fsp3) is 0.0769. The van der Waals surface area contributed by atoms with Gasteiger partial charge in [0.25, 0.3) is 23.6 Å². The summed E-state index contributed by atoms with van der Waals surface area (Å²) < 4.78 is 154. The molecule has 59 heavy (non-hydrogen) atoms. The third-order valence-corrected chi connectivity index (χ3v) is 12.1. The predicted octanol–water partition coefficient (Wildman–Crippen LogP) is 7.24. The molecule has 2 heterocycles. The normalized spacial score (nSPS) is 15.1. The number of carbonyl (C=O) groups excluding carboxylic acids is 4. The second-order valence-electron chi connectivity index (χ2n) is 13.2. The summed E-state index contributed by atoms with van der Waals surface area (Å²) in [5.74, 6) is -6.48. The lowest BCUT2D eigenvalue weighted by molar-refractivity contribution is -0.288. The Bertz CT molecular complexity index is 2870. The summed E-state index contributed by atoms with van der Waals surface area (Å²) >= 11 is 0. The fourth-order valence-corrected chi connectivity index (χ4v) is 8.80.